The van der Waals surface area contributed by atoms with Gasteiger partial charge in [-0.15, -0.1) is 0 Å². The second kappa shape index (κ2) is 7.25. The summed E-state index contributed by atoms with van der Waals surface area (Å²) in [7, 11) is 0. The van der Waals surface area contributed by atoms with Gasteiger partial charge < -0.3 is 10.2 Å². The highest BCUT2D eigenvalue weighted by Crippen LogP contribution is 2.27. The van der Waals surface area contributed by atoms with Gasteiger partial charge in [-0.05, 0) is 18.9 Å². The first kappa shape index (κ1) is 15.5. The molecule has 1 aliphatic rings. The summed E-state index contributed by atoms with van der Waals surface area (Å²) in [5, 5.41) is 2.70. The van der Waals surface area contributed by atoms with Gasteiger partial charge in [0.15, 0.2) is 0 Å². The SMILES string of the molecule is CCCCCC(C)N1C(=O)CNC(=O)C1c1ccccc1. The van der Waals surface area contributed by atoms with Gasteiger partial charge in [0.05, 0.1) is 6.54 Å². The van der Waals surface area contributed by atoms with Gasteiger partial charge in [0.1, 0.15) is 6.04 Å². The Morgan fingerprint density at radius 2 is 1.95 bits per heavy atom. The monoisotopic (exact) mass is 288 g/mol. The zero-order valence-electron chi connectivity index (χ0n) is 12.8. The van der Waals surface area contributed by atoms with Crippen LogP contribution in [-0.2, 0) is 9.59 Å². The van der Waals surface area contributed by atoms with E-state index >= 15 is 0 Å². The van der Waals surface area contributed by atoms with Gasteiger partial charge in [0.25, 0.3) is 0 Å². The molecule has 4 nitrogen and oxygen atoms in total. The lowest BCUT2D eigenvalue weighted by Crippen LogP contribution is -2.56. The molecule has 114 valence electrons. The van der Waals surface area contributed by atoms with Gasteiger partial charge >= 0.3 is 0 Å². The van der Waals surface area contributed by atoms with Crippen LogP contribution in [0.5, 0.6) is 0 Å². The van der Waals surface area contributed by atoms with E-state index in [4.69, 9.17) is 0 Å². The predicted molar refractivity (Wildman–Crippen MR) is 82.6 cm³/mol. The molecule has 0 aromatic heterocycles. The highest BCUT2D eigenvalue weighted by molar-refractivity contribution is 5.95. The number of unbranched alkanes of at least 4 members (excludes halogenated alkanes) is 2. The van der Waals surface area contributed by atoms with Crippen molar-refractivity contribution in [3.05, 3.63) is 35.9 Å². The molecule has 2 atom stereocenters. The van der Waals surface area contributed by atoms with Crippen molar-refractivity contribution in [3.63, 3.8) is 0 Å². The van der Waals surface area contributed by atoms with Crippen molar-refractivity contribution in [3.8, 4) is 0 Å². The minimum Gasteiger partial charge on any atom is -0.345 e. The van der Waals surface area contributed by atoms with Gasteiger partial charge in [-0.1, -0.05) is 56.5 Å². The Balaban J connectivity index is 2.20. The molecule has 2 rings (SSSR count). The number of nitrogens with one attached hydrogen (secondary N) is 1. The number of hydrogen-bond acceptors (Lipinski definition) is 2. The topological polar surface area (TPSA) is 49.4 Å². The fraction of sp³-hybridized carbons (Fsp3) is 0.529. The number of piperazine rings is 1. The standard InChI is InChI=1S/C17H24N2O2/c1-3-4-6-9-13(2)19-15(20)12-18-17(21)16(19)14-10-7-5-8-11-14/h5,7-8,10-11,13,16H,3-4,6,9,12H2,1-2H3,(H,18,21). The molecule has 1 heterocycles. The molecule has 1 aromatic carbocycles. The van der Waals surface area contributed by atoms with E-state index in [0.29, 0.717) is 0 Å². The van der Waals surface area contributed by atoms with Crippen LogP contribution in [0.25, 0.3) is 0 Å². The maximum Gasteiger partial charge on any atom is 0.247 e. The quantitative estimate of drug-likeness (QED) is 0.818. The van der Waals surface area contributed by atoms with E-state index in [1.165, 1.54) is 0 Å². The molecular formula is C17H24N2O2. The summed E-state index contributed by atoms with van der Waals surface area (Å²) in [6.07, 6.45) is 4.35. The molecule has 0 saturated carbocycles. The van der Waals surface area contributed by atoms with Gasteiger partial charge in [0.2, 0.25) is 11.8 Å². The molecule has 0 bridgehead atoms. The van der Waals surface area contributed by atoms with E-state index in [0.717, 1.165) is 31.2 Å². The first-order valence-corrected chi connectivity index (χ1v) is 7.79. The van der Waals surface area contributed by atoms with Crippen molar-refractivity contribution in [1.82, 2.24) is 10.2 Å². The van der Waals surface area contributed by atoms with E-state index < -0.39 is 6.04 Å². The second-order valence-electron chi connectivity index (χ2n) is 5.68. The van der Waals surface area contributed by atoms with E-state index in [2.05, 4.69) is 12.2 Å². The maximum atomic E-state index is 12.3. The van der Waals surface area contributed by atoms with Gasteiger partial charge in [-0.3, -0.25) is 9.59 Å². The first-order chi connectivity index (χ1) is 10.1. The minimum absolute atomic E-state index is 0.00690. The molecule has 4 heteroatoms. The van der Waals surface area contributed by atoms with Crippen molar-refractivity contribution < 1.29 is 9.59 Å². The number of carbonyl (C=O) groups is 2. The zero-order valence-corrected chi connectivity index (χ0v) is 12.8. The largest absolute Gasteiger partial charge is 0.345 e. The number of nitrogens with zero attached hydrogens (tertiary/aromatic N) is 1. The van der Waals surface area contributed by atoms with Crippen molar-refractivity contribution in [2.24, 2.45) is 0 Å². The lowest BCUT2D eigenvalue weighted by atomic mass is 9.98. The van der Waals surface area contributed by atoms with E-state index in [9.17, 15) is 9.59 Å². The molecule has 2 amide bonds. The van der Waals surface area contributed by atoms with Crippen LogP contribution >= 0.6 is 0 Å². The van der Waals surface area contributed by atoms with E-state index in [1.54, 1.807) is 4.90 Å². The molecule has 2 unspecified atom stereocenters. The molecule has 1 saturated heterocycles. The maximum absolute atomic E-state index is 12.3. The summed E-state index contributed by atoms with van der Waals surface area (Å²) in [5.41, 5.74) is 0.880. The van der Waals surface area contributed by atoms with Crippen LogP contribution in [0.4, 0.5) is 0 Å². The van der Waals surface area contributed by atoms with Gasteiger partial charge in [0, 0.05) is 6.04 Å². The lowest BCUT2D eigenvalue weighted by molar-refractivity contribution is -0.148. The number of hydrogen-bond donors (Lipinski definition) is 1. The van der Waals surface area contributed by atoms with Gasteiger partial charge in [-0.2, -0.15) is 0 Å². The third-order valence-electron chi connectivity index (χ3n) is 4.04. The van der Waals surface area contributed by atoms with Crippen molar-refractivity contribution >= 4 is 11.8 Å². The molecule has 0 aliphatic carbocycles. The van der Waals surface area contributed by atoms with Gasteiger partial charge in [-0.25, -0.2) is 0 Å². The molecular weight excluding hydrogens is 264 g/mol. The molecule has 0 spiro atoms. The average Bonchev–Trinajstić information content (AvgIpc) is 2.50. The molecule has 1 N–H and O–H groups in total. The highest BCUT2D eigenvalue weighted by atomic mass is 16.2. The number of benzene rings is 1. The number of carbonyl (C=O) groups excluding carboxylic acids is 2. The Bertz CT molecular complexity index is 487. The van der Waals surface area contributed by atoms with Crippen molar-refractivity contribution in [2.45, 2.75) is 51.6 Å². The van der Waals surface area contributed by atoms with Crippen LogP contribution in [0.2, 0.25) is 0 Å². The fourth-order valence-electron chi connectivity index (χ4n) is 2.90. The third kappa shape index (κ3) is 3.63. The summed E-state index contributed by atoms with van der Waals surface area (Å²) in [6.45, 7) is 4.32. The third-order valence-corrected chi connectivity index (χ3v) is 4.04. The fourth-order valence-corrected chi connectivity index (χ4v) is 2.90. The van der Waals surface area contributed by atoms with Crippen molar-refractivity contribution in [1.29, 1.82) is 0 Å². The summed E-state index contributed by atoms with van der Waals surface area (Å²) in [4.78, 5) is 26.4. The number of rotatable bonds is 6. The molecule has 1 aromatic rings. The summed E-state index contributed by atoms with van der Waals surface area (Å²) >= 11 is 0. The van der Waals surface area contributed by atoms with Crippen LogP contribution in [0.3, 0.4) is 0 Å². The molecule has 0 radical (unpaired) electrons. The Labute approximate surface area is 126 Å². The highest BCUT2D eigenvalue weighted by Gasteiger charge is 2.37. The van der Waals surface area contributed by atoms with E-state index in [-0.39, 0.29) is 24.4 Å². The van der Waals surface area contributed by atoms with Crippen LogP contribution < -0.4 is 5.32 Å². The Kier molecular flexibility index (Phi) is 5.37. The Morgan fingerprint density at radius 1 is 1.24 bits per heavy atom. The van der Waals surface area contributed by atoms with Crippen LogP contribution in [0.15, 0.2) is 30.3 Å². The van der Waals surface area contributed by atoms with E-state index in [1.807, 2.05) is 37.3 Å². The smallest absolute Gasteiger partial charge is 0.247 e. The lowest BCUT2D eigenvalue weighted by Gasteiger charge is -2.39. The zero-order chi connectivity index (χ0) is 15.2. The second-order valence-corrected chi connectivity index (χ2v) is 5.68. The first-order valence-electron chi connectivity index (χ1n) is 7.79. The van der Waals surface area contributed by atoms with Crippen molar-refractivity contribution in [2.75, 3.05) is 6.54 Å². The summed E-state index contributed by atoms with van der Waals surface area (Å²) < 4.78 is 0. The van der Waals surface area contributed by atoms with Crippen LogP contribution in [-0.4, -0.2) is 29.3 Å². The predicted octanol–water partition coefficient (Wildman–Crippen LogP) is 2.65. The Hall–Kier alpha value is -1.84. The van der Waals surface area contributed by atoms with Crippen LogP contribution in [0.1, 0.15) is 51.1 Å². The Morgan fingerprint density at radius 3 is 2.62 bits per heavy atom. The molecule has 1 fully saturated rings. The molecule has 21 heavy (non-hydrogen) atoms. The summed E-state index contributed by atoms with van der Waals surface area (Å²) in [5.74, 6) is -0.0735. The summed E-state index contributed by atoms with van der Waals surface area (Å²) in [6, 6.07) is 9.14. The number of amides is 2. The normalized spacial score (nSPS) is 20.3. The molecule has 1 aliphatic heterocycles. The minimum atomic E-state index is -0.496. The van der Waals surface area contributed by atoms with Crippen LogP contribution in [0, 0.1) is 0 Å². The average molecular weight is 288 g/mol.